The van der Waals surface area contributed by atoms with Crippen molar-refractivity contribution in [1.82, 2.24) is 0 Å². The van der Waals surface area contributed by atoms with E-state index in [2.05, 4.69) is 6.92 Å². The van der Waals surface area contributed by atoms with Gasteiger partial charge in [0, 0.05) is 29.2 Å². The van der Waals surface area contributed by atoms with Gasteiger partial charge < -0.3 is 24.0 Å². The van der Waals surface area contributed by atoms with Crippen LogP contribution < -0.4 is 24.0 Å². The molecule has 0 aromatic carbocycles. The first-order valence-electron chi connectivity index (χ1n) is 1.21. The van der Waals surface area contributed by atoms with Crippen molar-refractivity contribution in [2.75, 3.05) is 6.16 Å². The summed E-state index contributed by atoms with van der Waals surface area (Å²) in [5.41, 5.74) is 0. The molecule has 0 rings (SSSR count). The van der Waals surface area contributed by atoms with E-state index >= 15 is 0 Å². The van der Waals surface area contributed by atoms with Crippen molar-refractivity contribution in [3.8, 4) is 0 Å². The second kappa shape index (κ2) is 16.8. The summed E-state index contributed by atoms with van der Waals surface area (Å²) in [6.07, 6.45) is 1.28. The van der Waals surface area contributed by atoms with Crippen molar-refractivity contribution < 1.29 is 24.0 Å². The van der Waals surface area contributed by atoms with Crippen LogP contribution in [0.5, 0.6) is 0 Å². The van der Waals surface area contributed by atoms with Crippen molar-refractivity contribution in [3.05, 3.63) is 0 Å². The van der Waals surface area contributed by atoms with Crippen LogP contribution in [0.3, 0.4) is 0 Å². The first-order chi connectivity index (χ1) is 1.41. The Labute approximate surface area is 68.8 Å². The molecular weight excluding hydrogens is 206 g/mol. The Morgan fingerprint density at radius 3 is 1.60 bits per heavy atom. The molecule has 0 aliphatic rings. The molecule has 0 spiro atoms. The highest BCUT2D eigenvalue weighted by Crippen LogP contribution is 1.68. The van der Waals surface area contributed by atoms with Gasteiger partial charge in [-0.3, -0.25) is 0 Å². The standard InChI is InChI=1S/C2H7P.HI.Mg/c1-2-3;;/h2-3H2,1H3;1H;. The van der Waals surface area contributed by atoms with E-state index in [-0.39, 0.29) is 47.0 Å². The lowest BCUT2D eigenvalue weighted by Crippen LogP contribution is -3.00. The van der Waals surface area contributed by atoms with Gasteiger partial charge in [0.15, 0.2) is 0 Å². The molecule has 1 unspecified atom stereocenters. The van der Waals surface area contributed by atoms with Gasteiger partial charge in [0.2, 0.25) is 0 Å². The normalized spacial score (nSPS) is 4.20. The quantitative estimate of drug-likeness (QED) is 0.233. The lowest BCUT2D eigenvalue weighted by Gasteiger charge is -1.40. The molecule has 5 heavy (non-hydrogen) atoms. The van der Waals surface area contributed by atoms with Crippen molar-refractivity contribution in [3.63, 3.8) is 0 Å². The van der Waals surface area contributed by atoms with Gasteiger partial charge in [-0.05, 0) is 16.2 Å². The molecule has 0 fully saturated rings. The van der Waals surface area contributed by atoms with E-state index < -0.39 is 0 Å². The third kappa shape index (κ3) is 24.6. The average Bonchev–Trinajstić information content (AvgIpc) is 0.918. The molecule has 0 aliphatic carbocycles. The average molecular weight is 214 g/mol. The topological polar surface area (TPSA) is 0 Å². The fraction of sp³-hybridized carbons (Fsp3) is 1.00. The zero-order valence-corrected chi connectivity index (χ0v) is 8.49. The van der Waals surface area contributed by atoms with Gasteiger partial charge in [-0.15, -0.1) is 0 Å². The van der Waals surface area contributed by atoms with E-state index in [1.165, 1.54) is 6.16 Å². The van der Waals surface area contributed by atoms with Crippen molar-refractivity contribution in [2.24, 2.45) is 0 Å². The molecule has 1 atom stereocenters. The van der Waals surface area contributed by atoms with Crippen molar-refractivity contribution >= 4 is 32.3 Å². The van der Waals surface area contributed by atoms with E-state index in [9.17, 15) is 0 Å². The molecule has 0 saturated carbocycles. The third-order valence-electron chi connectivity index (χ3n) is 0. The van der Waals surface area contributed by atoms with Gasteiger partial charge in [0.1, 0.15) is 0 Å². The lowest BCUT2D eigenvalue weighted by molar-refractivity contribution is -0.000000812. The zero-order chi connectivity index (χ0) is 2.71. The van der Waals surface area contributed by atoms with Gasteiger partial charge in [0.25, 0.3) is 0 Å². The molecule has 30 valence electrons. The number of halogens is 1. The van der Waals surface area contributed by atoms with Crippen molar-refractivity contribution in [2.45, 2.75) is 6.92 Å². The van der Waals surface area contributed by atoms with Crippen LogP contribution in [-0.2, 0) is 0 Å². The first kappa shape index (κ1) is 15.8. The van der Waals surface area contributed by atoms with Crippen LogP contribution in [0, 0.1) is 0 Å². The maximum atomic E-state index is 2.14. The van der Waals surface area contributed by atoms with E-state index in [1.807, 2.05) is 9.24 Å². The summed E-state index contributed by atoms with van der Waals surface area (Å²) in [5.74, 6) is 0. The molecule has 0 aromatic heterocycles. The molecule has 0 aliphatic heterocycles. The van der Waals surface area contributed by atoms with Crippen LogP contribution in [-0.4, -0.2) is 29.2 Å². The maximum absolute atomic E-state index is 2.14. The van der Waals surface area contributed by atoms with Crippen molar-refractivity contribution in [1.29, 1.82) is 0 Å². The highest BCUT2D eigenvalue weighted by Gasteiger charge is 1.43. The second-order valence-corrected chi connectivity index (χ2v) is 1.50. The highest BCUT2D eigenvalue weighted by atomic mass is 127. The summed E-state index contributed by atoms with van der Waals surface area (Å²) < 4.78 is 0. The highest BCUT2D eigenvalue weighted by molar-refractivity contribution is 7.16. The van der Waals surface area contributed by atoms with Crippen LogP contribution in [0.15, 0.2) is 0 Å². The minimum absolute atomic E-state index is 0. The van der Waals surface area contributed by atoms with E-state index in [0.717, 1.165) is 0 Å². The molecule has 0 bridgehead atoms. The molecule has 0 heterocycles. The Hall–Kier alpha value is 1.93. The van der Waals surface area contributed by atoms with E-state index in [0.29, 0.717) is 0 Å². The monoisotopic (exact) mass is 214 g/mol. The molecule has 2 radical (unpaired) electrons. The van der Waals surface area contributed by atoms with Gasteiger partial charge in [-0.1, -0.05) is 0 Å². The number of hydrogen-bond acceptors (Lipinski definition) is 0. The molecule has 0 saturated heterocycles. The molecule has 0 N–H and O–H groups in total. The van der Waals surface area contributed by atoms with Crippen LogP contribution in [0.2, 0.25) is 0 Å². The van der Waals surface area contributed by atoms with Gasteiger partial charge in [0.05, 0.1) is 0 Å². The maximum Gasteiger partial charge on any atom is 0.0498 e. The summed E-state index contributed by atoms with van der Waals surface area (Å²) in [5, 5.41) is 0. The summed E-state index contributed by atoms with van der Waals surface area (Å²) in [6.45, 7) is 2.14. The molecule has 0 nitrogen and oxygen atoms in total. The van der Waals surface area contributed by atoms with Crippen LogP contribution in [0.25, 0.3) is 0 Å². The predicted octanol–water partition coefficient (Wildman–Crippen LogP) is -2.76. The zero-order valence-electron chi connectivity index (χ0n) is 3.50. The fourth-order valence-corrected chi connectivity index (χ4v) is 0. The molecule has 0 amide bonds. The third-order valence-corrected chi connectivity index (χ3v) is 0. The Bertz CT molecular complexity index is 9.61. The Morgan fingerprint density at radius 2 is 1.60 bits per heavy atom. The fourth-order valence-electron chi connectivity index (χ4n) is 0. The minimum Gasteiger partial charge on any atom is -1.00 e. The SMILES string of the molecule is CC[PH3+].[I-].[Mg]. The summed E-state index contributed by atoms with van der Waals surface area (Å²) in [6, 6.07) is 0. The summed E-state index contributed by atoms with van der Waals surface area (Å²) in [4.78, 5) is 0. The predicted molar refractivity (Wildman–Crippen MR) is 27.4 cm³/mol. The minimum atomic E-state index is 0. The molecule has 3 heteroatoms. The van der Waals surface area contributed by atoms with Gasteiger partial charge in [-0.25, -0.2) is 0 Å². The van der Waals surface area contributed by atoms with Crippen LogP contribution >= 0.6 is 9.24 Å². The van der Waals surface area contributed by atoms with Crippen LogP contribution in [0.1, 0.15) is 6.92 Å². The molecular formula is C2H8IMgP. The first-order valence-corrected chi connectivity index (χ1v) is 2.21. The van der Waals surface area contributed by atoms with Crippen LogP contribution in [0.4, 0.5) is 0 Å². The summed E-state index contributed by atoms with van der Waals surface area (Å²) >= 11 is 0. The Balaban J connectivity index is -0.0000000200. The van der Waals surface area contributed by atoms with Gasteiger partial charge in [-0.2, -0.15) is 0 Å². The summed E-state index contributed by atoms with van der Waals surface area (Å²) in [7, 11) is 1.97. The van der Waals surface area contributed by atoms with E-state index in [4.69, 9.17) is 0 Å². The Morgan fingerprint density at radius 1 is 1.60 bits per heavy atom. The smallest absolute Gasteiger partial charge is 0.0498 e. The number of rotatable bonds is 0. The molecule has 0 aromatic rings. The van der Waals surface area contributed by atoms with E-state index in [1.54, 1.807) is 0 Å². The lowest BCUT2D eigenvalue weighted by atomic mass is 11.0. The largest absolute Gasteiger partial charge is 1.00 e. The Kier molecular flexibility index (Phi) is 53.0. The van der Waals surface area contributed by atoms with Gasteiger partial charge >= 0.3 is 0 Å². The second-order valence-electron chi connectivity index (χ2n) is 0.500. The number of hydrogen-bond donors (Lipinski definition) is 0.